The largest absolute Gasteiger partial charge is 0.462 e. The maximum Gasteiger partial charge on any atom is 0.306 e. The third-order valence-electron chi connectivity index (χ3n) is 4.14. The first kappa shape index (κ1) is 19.0. The molecule has 22 heavy (non-hydrogen) atoms. The van der Waals surface area contributed by atoms with Crippen LogP contribution in [-0.2, 0) is 19.1 Å². The van der Waals surface area contributed by atoms with Crippen LogP contribution in [0.2, 0.25) is 0 Å². The molecule has 0 amide bonds. The zero-order valence-electron chi connectivity index (χ0n) is 14.3. The molecule has 1 aliphatic rings. The summed E-state index contributed by atoms with van der Waals surface area (Å²) in [5.41, 5.74) is 0. The summed E-state index contributed by atoms with van der Waals surface area (Å²) in [6.45, 7) is 4.23. The number of ether oxygens (including phenoxy) is 2. The summed E-state index contributed by atoms with van der Waals surface area (Å²) in [4.78, 5) is 23.5. The number of unbranched alkanes of at least 4 members (excludes halogenated alkanes) is 4. The molecule has 0 spiro atoms. The van der Waals surface area contributed by atoms with Gasteiger partial charge >= 0.3 is 11.9 Å². The fourth-order valence-electron chi connectivity index (χ4n) is 2.84. The molecule has 0 aliphatic heterocycles. The van der Waals surface area contributed by atoms with Gasteiger partial charge in [0.2, 0.25) is 0 Å². The summed E-state index contributed by atoms with van der Waals surface area (Å²) in [7, 11) is 0. The fraction of sp³-hybridized carbons (Fsp3) is 0.889. The lowest BCUT2D eigenvalue weighted by Crippen LogP contribution is -2.31. The quantitative estimate of drug-likeness (QED) is 0.439. The molecule has 1 aliphatic carbocycles. The van der Waals surface area contributed by atoms with Crippen LogP contribution < -0.4 is 0 Å². The maximum absolute atomic E-state index is 11.8. The van der Waals surface area contributed by atoms with E-state index in [9.17, 15) is 9.59 Å². The molecule has 0 unspecified atom stereocenters. The molecule has 0 aromatic heterocycles. The van der Waals surface area contributed by atoms with Gasteiger partial charge in [0.15, 0.2) is 0 Å². The molecule has 1 rings (SSSR count). The van der Waals surface area contributed by atoms with E-state index in [1.165, 1.54) is 0 Å². The molecule has 4 heteroatoms. The van der Waals surface area contributed by atoms with Crippen molar-refractivity contribution in [3.8, 4) is 0 Å². The number of carbonyl (C=O) groups excluding carboxylic acids is 2. The van der Waals surface area contributed by atoms with Gasteiger partial charge in [-0.3, -0.25) is 9.59 Å². The molecular weight excluding hydrogens is 280 g/mol. The summed E-state index contributed by atoms with van der Waals surface area (Å²) in [6, 6.07) is 0. The van der Waals surface area contributed by atoms with E-state index in [1.807, 2.05) is 0 Å². The van der Waals surface area contributed by atoms with Crippen molar-refractivity contribution >= 4 is 11.9 Å². The molecule has 0 bridgehead atoms. The lowest BCUT2D eigenvalue weighted by atomic mass is 9.94. The zero-order valence-corrected chi connectivity index (χ0v) is 14.3. The standard InChI is InChI=1S/C18H32O4/c1-3-5-7-12-17(19)21-15-10-9-11-16(14-15)22-18(20)13-8-6-4-2/h15-16H,3-14H2,1-2H3/t15-,16+. The average Bonchev–Trinajstić information content (AvgIpc) is 2.48. The number of carbonyl (C=O) groups is 2. The van der Waals surface area contributed by atoms with E-state index in [0.29, 0.717) is 19.3 Å². The first-order valence-corrected chi connectivity index (χ1v) is 9.04. The van der Waals surface area contributed by atoms with Gasteiger partial charge in [-0.1, -0.05) is 39.5 Å². The van der Waals surface area contributed by atoms with E-state index in [1.54, 1.807) is 0 Å². The van der Waals surface area contributed by atoms with Crippen LogP contribution in [0.4, 0.5) is 0 Å². The molecule has 0 N–H and O–H groups in total. The lowest BCUT2D eigenvalue weighted by Gasteiger charge is -2.28. The van der Waals surface area contributed by atoms with Gasteiger partial charge in [-0.25, -0.2) is 0 Å². The Labute approximate surface area is 134 Å². The van der Waals surface area contributed by atoms with Crippen LogP contribution in [0.5, 0.6) is 0 Å². The Kier molecular flexibility index (Phi) is 9.93. The van der Waals surface area contributed by atoms with Crippen LogP contribution in [0.15, 0.2) is 0 Å². The van der Waals surface area contributed by atoms with E-state index in [0.717, 1.165) is 57.8 Å². The third kappa shape index (κ3) is 8.40. The highest BCUT2D eigenvalue weighted by atomic mass is 16.6. The second-order valence-electron chi connectivity index (χ2n) is 6.30. The molecule has 0 saturated heterocycles. The maximum atomic E-state index is 11.8. The van der Waals surface area contributed by atoms with Crippen molar-refractivity contribution in [3.63, 3.8) is 0 Å². The van der Waals surface area contributed by atoms with Gasteiger partial charge < -0.3 is 9.47 Å². The molecule has 0 aromatic carbocycles. The van der Waals surface area contributed by atoms with Gasteiger partial charge in [0.25, 0.3) is 0 Å². The van der Waals surface area contributed by atoms with Gasteiger partial charge in [0.05, 0.1) is 0 Å². The molecule has 0 heterocycles. The van der Waals surface area contributed by atoms with Crippen LogP contribution in [-0.4, -0.2) is 24.1 Å². The first-order chi connectivity index (χ1) is 10.7. The van der Waals surface area contributed by atoms with E-state index in [4.69, 9.17) is 9.47 Å². The van der Waals surface area contributed by atoms with Gasteiger partial charge in [-0.05, 0) is 32.1 Å². The Balaban J connectivity index is 2.23. The van der Waals surface area contributed by atoms with Crippen molar-refractivity contribution < 1.29 is 19.1 Å². The minimum absolute atomic E-state index is 0.0729. The molecule has 0 aromatic rings. The number of esters is 2. The molecule has 1 saturated carbocycles. The Bertz CT molecular complexity index is 297. The summed E-state index contributed by atoms with van der Waals surface area (Å²) >= 11 is 0. The fourth-order valence-corrected chi connectivity index (χ4v) is 2.84. The lowest BCUT2D eigenvalue weighted by molar-refractivity contribution is -0.158. The van der Waals surface area contributed by atoms with Crippen LogP contribution in [0, 0.1) is 0 Å². The van der Waals surface area contributed by atoms with Crippen molar-refractivity contribution in [1.29, 1.82) is 0 Å². The van der Waals surface area contributed by atoms with E-state index < -0.39 is 0 Å². The zero-order chi connectivity index (χ0) is 16.2. The van der Waals surface area contributed by atoms with Gasteiger partial charge in [0, 0.05) is 19.3 Å². The molecule has 1 fully saturated rings. The molecular formula is C18H32O4. The SMILES string of the molecule is CCCCCC(=O)O[C@@H]1CCC[C@H](OC(=O)CCCCC)C1. The third-order valence-corrected chi connectivity index (χ3v) is 4.14. The molecule has 4 nitrogen and oxygen atoms in total. The van der Waals surface area contributed by atoms with E-state index >= 15 is 0 Å². The molecule has 2 atom stereocenters. The number of hydrogen-bond donors (Lipinski definition) is 0. The van der Waals surface area contributed by atoms with Crippen LogP contribution in [0.1, 0.15) is 90.9 Å². The molecule has 128 valence electrons. The average molecular weight is 312 g/mol. The van der Waals surface area contributed by atoms with Crippen molar-refractivity contribution in [2.45, 2.75) is 103 Å². The Hall–Kier alpha value is -1.06. The van der Waals surface area contributed by atoms with Crippen molar-refractivity contribution in [2.75, 3.05) is 0 Å². The topological polar surface area (TPSA) is 52.6 Å². The minimum Gasteiger partial charge on any atom is -0.462 e. The summed E-state index contributed by atoms with van der Waals surface area (Å²) < 4.78 is 11.0. The van der Waals surface area contributed by atoms with E-state index in [-0.39, 0.29) is 24.1 Å². The van der Waals surface area contributed by atoms with Gasteiger partial charge in [0.1, 0.15) is 12.2 Å². The van der Waals surface area contributed by atoms with Crippen LogP contribution in [0.3, 0.4) is 0 Å². The van der Waals surface area contributed by atoms with Crippen molar-refractivity contribution in [2.24, 2.45) is 0 Å². The smallest absolute Gasteiger partial charge is 0.306 e. The Morgan fingerprint density at radius 3 is 1.68 bits per heavy atom. The predicted octanol–water partition coefficient (Wildman–Crippen LogP) is 4.54. The minimum atomic E-state index is -0.103. The highest BCUT2D eigenvalue weighted by Gasteiger charge is 2.27. The van der Waals surface area contributed by atoms with Crippen LogP contribution >= 0.6 is 0 Å². The highest BCUT2D eigenvalue weighted by molar-refractivity contribution is 5.70. The predicted molar refractivity (Wildman–Crippen MR) is 86.5 cm³/mol. The summed E-state index contributed by atoms with van der Waals surface area (Å²) in [5, 5.41) is 0. The Morgan fingerprint density at radius 1 is 0.818 bits per heavy atom. The second-order valence-corrected chi connectivity index (χ2v) is 6.30. The normalized spacial score (nSPS) is 21.4. The Morgan fingerprint density at radius 2 is 1.27 bits per heavy atom. The van der Waals surface area contributed by atoms with Crippen molar-refractivity contribution in [1.82, 2.24) is 0 Å². The number of hydrogen-bond acceptors (Lipinski definition) is 4. The van der Waals surface area contributed by atoms with Gasteiger partial charge in [-0.15, -0.1) is 0 Å². The van der Waals surface area contributed by atoms with Crippen molar-refractivity contribution in [3.05, 3.63) is 0 Å². The molecule has 0 radical (unpaired) electrons. The second kappa shape index (κ2) is 11.5. The number of rotatable bonds is 10. The monoisotopic (exact) mass is 312 g/mol. The summed E-state index contributed by atoms with van der Waals surface area (Å²) in [5.74, 6) is -0.207. The summed E-state index contributed by atoms with van der Waals surface area (Å²) in [6.07, 6.45) is 10.4. The highest BCUT2D eigenvalue weighted by Crippen LogP contribution is 2.24. The van der Waals surface area contributed by atoms with Gasteiger partial charge in [-0.2, -0.15) is 0 Å². The first-order valence-electron chi connectivity index (χ1n) is 9.04. The van der Waals surface area contributed by atoms with E-state index in [2.05, 4.69) is 13.8 Å². The van der Waals surface area contributed by atoms with Crippen LogP contribution in [0.25, 0.3) is 0 Å².